The normalized spacial score (nSPS) is 16.3. The lowest BCUT2D eigenvalue weighted by atomic mass is 10.1. The Hall–Kier alpha value is -3.69. The van der Waals surface area contributed by atoms with Crippen LogP contribution in [0.5, 0.6) is 17.2 Å². The van der Waals surface area contributed by atoms with E-state index in [0.717, 1.165) is 5.56 Å². The molecular formula is C28H28ClN3O5S. The smallest absolute Gasteiger partial charge is 0.238 e. The Labute approximate surface area is 230 Å². The summed E-state index contributed by atoms with van der Waals surface area (Å²) in [6, 6.07) is 19.6. The van der Waals surface area contributed by atoms with E-state index in [1.807, 2.05) is 25.1 Å². The molecule has 1 heterocycles. The molecule has 1 aliphatic heterocycles. The van der Waals surface area contributed by atoms with Gasteiger partial charge in [0.2, 0.25) is 11.8 Å². The van der Waals surface area contributed by atoms with Gasteiger partial charge in [0.15, 0.2) is 16.7 Å². The zero-order valence-corrected chi connectivity index (χ0v) is 22.8. The number of methoxy groups -OCH3 is 2. The highest BCUT2D eigenvalue weighted by molar-refractivity contribution is 8.15. The van der Waals surface area contributed by atoms with Crippen LogP contribution in [0.15, 0.2) is 71.7 Å². The molecule has 0 saturated carbocycles. The van der Waals surface area contributed by atoms with Crippen LogP contribution in [-0.2, 0) is 16.1 Å². The maximum atomic E-state index is 13.4. The Morgan fingerprint density at radius 2 is 1.84 bits per heavy atom. The summed E-state index contributed by atoms with van der Waals surface area (Å²) < 4.78 is 16.3. The fraction of sp³-hybridized carbons (Fsp3) is 0.250. The number of carbonyl (C=O) groups is 2. The Morgan fingerprint density at radius 1 is 1.08 bits per heavy atom. The number of carbonyl (C=O) groups excluding carboxylic acids is 2. The first-order valence-corrected chi connectivity index (χ1v) is 13.2. The number of amides is 2. The molecule has 8 nitrogen and oxygen atoms in total. The van der Waals surface area contributed by atoms with Crippen LogP contribution < -0.4 is 19.5 Å². The number of aliphatic imine (C=N–C) groups is 1. The highest BCUT2D eigenvalue weighted by atomic mass is 35.5. The molecule has 0 spiro atoms. The molecule has 1 fully saturated rings. The lowest BCUT2D eigenvalue weighted by molar-refractivity contribution is -0.129. The number of rotatable bonds is 9. The number of nitrogens with one attached hydrogen (secondary N) is 1. The van der Waals surface area contributed by atoms with Crippen molar-refractivity contribution in [1.29, 1.82) is 0 Å². The van der Waals surface area contributed by atoms with Gasteiger partial charge >= 0.3 is 0 Å². The van der Waals surface area contributed by atoms with Crippen molar-refractivity contribution in [2.75, 3.05) is 26.1 Å². The number of anilines is 1. The van der Waals surface area contributed by atoms with Gasteiger partial charge in [-0.05, 0) is 61.0 Å². The molecule has 1 atom stereocenters. The Morgan fingerprint density at radius 3 is 2.55 bits per heavy atom. The molecule has 0 aromatic heterocycles. The number of halogens is 1. The van der Waals surface area contributed by atoms with Crippen LogP contribution in [0.1, 0.15) is 18.9 Å². The van der Waals surface area contributed by atoms with Gasteiger partial charge in [0.1, 0.15) is 11.0 Å². The summed E-state index contributed by atoms with van der Waals surface area (Å²) in [5.74, 6) is 1.31. The van der Waals surface area contributed by atoms with Crippen molar-refractivity contribution in [3.05, 3.63) is 77.3 Å². The fourth-order valence-corrected chi connectivity index (χ4v) is 5.06. The second-order valence-electron chi connectivity index (χ2n) is 8.30. The second kappa shape index (κ2) is 12.7. The van der Waals surface area contributed by atoms with Crippen LogP contribution in [0.25, 0.3) is 0 Å². The van der Waals surface area contributed by atoms with Crippen LogP contribution in [0.4, 0.5) is 11.4 Å². The highest BCUT2D eigenvalue weighted by Gasteiger charge is 2.36. The van der Waals surface area contributed by atoms with Gasteiger partial charge in [-0.15, -0.1) is 0 Å². The van der Waals surface area contributed by atoms with Crippen molar-refractivity contribution in [3.8, 4) is 17.2 Å². The van der Waals surface area contributed by atoms with Gasteiger partial charge in [-0.3, -0.25) is 14.5 Å². The molecule has 0 aliphatic carbocycles. The summed E-state index contributed by atoms with van der Waals surface area (Å²) in [6.07, 6.45) is 0.0224. The maximum Gasteiger partial charge on any atom is 0.238 e. The minimum atomic E-state index is -0.661. The summed E-state index contributed by atoms with van der Waals surface area (Å²) in [7, 11) is 3.13. The van der Waals surface area contributed by atoms with E-state index in [4.69, 9.17) is 30.8 Å². The van der Waals surface area contributed by atoms with Crippen LogP contribution in [0, 0.1) is 0 Å². The first-order chi connectivity index (χ1) is 18.4. The van der Waals surface area contributed by atoms with E-state index >= 15 is 0 Å². The van der Waals surface area contributed by atoms with Gasteiger partial charge in [-0.1, -0.05) is 35.5 Å². The molecule has 0 radical (unpaired) electrons. The van der Waals surface area contributed by atoms with Gasteiger partial charge in [0.05, 0.1) is 33.1 Å². The summed E-state index contributed by atoms with van der Waals surface area (Å²) in [6.45, 7) is 2.67. The molecule has 1 aliphatic rings. The van der Waals surface area contributed by atoms with E-state index in [-0.39, 0.29) is 24.8 Å². The third-order valence-corrected chi connectivity index (χ3v) is 7.12. The first-order valence-electron chi connectivity index (χ1n) is 12.0. The SMILES string of the molecule is CCOc1cccc(NC(=O)C2CC(=O)N(Cc3ccc(OC)c(OC)c3)C(=Nc3ccc(Cl)cc3)S2)c1. The predicted molar refractivity (Wildman–Crippen MR) is 151 cm³/mol. The Bertz CT molecular complexity index is 1330. The van der Waals surface area contributed by atoms with Gasteiger partial charge < -0.3 is 19.5 Å². The molecule has 0 bridgehead atoms. The number of amidine groups is 1. The molecule has 38 heavy (non-hydrogen) atoms. The summed E-state index contributed by atoms with van der Waals surface area (Å²) in [5.41, 5.74) is 2.04. The van der Waals surface area contributed by atoms with Crippen molar-refractivity contribution in [2.45, 2.75) is 25.1 Å². The number of benzene rings is 3. The van der Waals surface area contributed by atoms with Crippen LogP contribution in [-0.4, -0.2) is 48.0 Å². The minimum absolute atomic E-state index is 0.0224. The number of thioether (sulfide) groups is 1. The van der Waals surface area contributed by atoms with Gasteiger partial charge in [0, 0.05) is 23.2 Å². The average molecular weight is 554 g/mol. The van der Waals surface area contributed by atoms with Crippen molar-refractivity contribution < 1.29 is 23.8 Å². The Kier molecular flexibility index (Phi) is 9.15. The molecular weight excluding hydrogens is 526 g/mol. The molecule has 1 unspecified atom stereocenters. The number of ether oxygens (including phenoxy) is 3. The maximum absolute atomic E-state index is 13.4. The topological polar surface area (TPSA) is 89.5 Å². The van der Waals surface area contributed by atoms with E-state index in [0.29, 0.717) is 45.4 Å². The molecule has 4 rings (SSSR count). The minimum Gasteiger partial charge on any atom is -0.494 e. The van der Waals surface area contributed by atoms with E-state index in [2.05, 4.69) is 5.32 Å². The van der Waals surface area contributed by atoms with Crippen molar-refractivity contribution in [2.24, 2.45) is 4.99 Å². The molecule has 1 saturated heterocycles. The van der Waals surface area contributed by atoms with Crippen molar-refractivity contribution >= 4 is 51.7 Å². The van der Waals surface area contributed by atoms with Crippen molar-refractivity contribution in [1.82, 2.24) is 4.90 Å². The molecule has 3 aromatic rings. The lowest BCUT2D eigenvalue weighted by Crippen LogP contribution is -2.44. The number of nitrogens with zero attached hydrogens (tertiary/aromatic N) is 2. The second-order valence-corrected chi connectivity index (χ2v) is 9.91. The lowest BCUT2D eigenvalue weighted by Gasteiger charge is -2.32. The summed E-state index contributed by atoms with van der Waals surface area (Å²) >= 11 is 7.28. The van der Waals surface area contributed by atoms with E-state index in [1.165, 1.54) is 11.8 Å². The van der Waals surface area contributed by atoms with E-state index < -0.39 is 5.25 Å². The van der Waals surface area contributed by atoms with Gasteiger partial charge in [0.25, 0.3) is 0 Å². The number of hydrogen-bond donors (Lipinski definition) is 1. The molecule has 1 N–H and O–H groups in total. The van der Waals surface area contributed by atoms with Gasteiger partial charge in [-0.25, -0.2) is 4.99 Å². The highest BCUT2D eigenvalue weighted by Crippen LogP contribution is 2.33. The summed E-state index contributed by atoms with van der Waals surface area (Å²) in [4.78, 5) is 32.9. The average Bonchev–Trinajstić information content (AvgIpc) is 2.92. The third kappa shape index (κ3) is 6.79. The number of hydrogen-bond acceptors (Lipinski definition) is 7. The first kappa shape index (κ1) is 27.3. The quantitative estimate of drug-likeness (QED) is 0.354. The van der Waals surface area contributed by atoms with Crippen molar-refractivity contribution in [3.63, 3.8) is 0 Å². The fourth-order valence-electron chi connectivity index (χ4n) is 3.84. The van der Waals surface area contributed by atoms with E-state index in [1.54, 1.807) is 67.7 Å². The van der Waals surface area contributed by atoms with Crippen LogP contribution in [0.3, 0.4) is 0 Å². The van der Waals surface area contributed by atoms with E-state index in [9.17, 15) is 9.59 Å². The Balaban J connectivity index is 1.59. The molecule has 3 aromatic carbocycles. The zero-order chi connectivity index (χ0) is 27.1. The molecule has 198 valence electrons. The molecule has 10 heteroatoms. The predicted octanol–water partition coefficient (Wildman–Crippen LogP) is 5.92. The zero-order valence-electron chi connectivity index (χ0n) is 21.3. The van der Waals surface area contributed by atoms with Crippen LogP contribution in [0.2, 0.25) is 5.02 Å². The van der Waals surface area contributed by atoms with Gasteiger partial charge in [-0.2, -0.15) is 0 Å². The van der Waals surface area contributed by atoms with Crippen LogP contribution >= 0.6 is 23.4 Å². The summed E-state index contributed by atoms with van der Waals surface area (Å²) in [5, 5.41) is 3.24. The monoisotopic (exact) mass is 553 g/mol. The third-order valence-electron chi connectivity index (χ3n) is 5.68. The molecule has 2 amide bonds. The largest absolute Gasteiger partial charge is 0.494 e. The standard InChI is InChI=1S/C28H28ClN3O5S/c1-4-37-22-7-5-6-21(15-22)30-27(34)25-16-26(33)32(17-18-8-13-23(35-2)24(14-18)36-3)28(38-25)31-20-11-9-19(29)10-12-20/h5-15,25H,4,16-17H2,1-3H3,(H,30,34).